The van der Waals surface area contributed by atoms with Crippen molar-refractivity contribution in [1.82, 2.24) is 19.7 Å². The zero-order chi connectivity index (χ0) is 19.3. The Kier molecular flexibility index (Phi) is 5.34. The molecule has 0 spiro atoms. The van der Waals surface area contributed by atoms with Gasteiger partial charge < -0.3 is 4.74 Å². The Morgan fingerprint density at radius 1 is 1.07 bits per heavy atom. The Labute approximate surface area is 166 Å². The SMILES string of the molecule is CCOc1ccc(C(=O)CSc2ncnc3c2cnn3-c2ccccc2)cc1. The van der Waals surface area contributed by atoms with Crippen molar-refractivity contribution >= 4 is 28.6 Å². The van der Waals surface area contributed by atoms with Crippen molar-refractivity contribution in [2.24, 2.45) is 0 Å². The van der Waals surface area contributed by atoms with E-state index in [4.69, 9.17) is 4.74 Å². The van der Waals surface area contributed by atoms with Crippen LogP contribution in [0.1, 0.15) is 17.3 Å². The van der Waals surface area contributed by atoms with Gasteiger partial charge in [0.25, 0.3) is 0 Å². The second-order valence-electron chi connectivity index (χ2n) is 5.98. The maximum Gasteiger partial charge on any atom is 0.173 e. The van der Waals surface area contributed by atoms with E-state index in [9.17, 15) is 4.79 Å². The summed E-state index contributed by atoms with van der Waals surface area (Å²) >= 11 is 1.39. The van der Waals surface area contributed by atoms with E-state index in [1.54, 1.807) is 23.0 Å². The standard InChI is InChI=1S/C21H18N4O2S/c1-2-27-17-10-8-15(9-11-17)19(26)13-28-21-18-12-24-25(20(18)22-14-23-21)16-6-4-3-5-7-16/h3-12,14H,2,13H2,1H3. The number of Topliss-reactive ketones (excluding diaryl/α,β-unsaturated/α-hetero) is 1. The van der Waals surface area contributed by atoms with E-state index < -0.39 is 0 Å². The summed E-state index contributed by atoms with van der Waals surface area (Å²) in [6, 6.07) is 17.0. The number of hydrogen-bond acceptors (Lipinski definition) is 6. The van der Waals surface area contributed by atoms with E-state index in [2.05, 4.69) is 15.1 Å². The Bertz CT molecular complexity index is 1090. The second-order valence-corrected chi connectivity index (χ2v) is 6.94. The lowest BCUT2D eigenvalue weighted by molar-refractivity contribution is 0.102. The van der Waals surface area contributed by atoms with Gasteiger partial charge in [-0.15, -0.1) is 0 Å². The van der Waals surface area contributed by atoms with Crippen LogP contribution in [0.4, 0.5) is 0 Å². The largest absolute Gasteiger partial charge is 0.494 e. The van der Waals surface area contributed by atoms with Gasteiger partial charge in [-0.1, -0.05) is 30.0 Å². The first-order valence-corrected chi connectivity index (χ1v) is 9.88. The molecule has 0 bridgehead atoms. The molecule has 2 aromatic heterocycles. The molecule has 4 rings (SSSR count). The van der Waals surface area contributed by atoms with Gasteiger partial charge in [-0.2, -0.15) is 5.10 Å². The van der Waals surface area contributed by atoms with E-state index in [0.29, 0.717) is 12.2 Å². The molecule has 0 aliphatic heterocycles. The quantitative estimate of drug-likeness (QED) is 0.268. The summed E-state index contributed by atoms with van der Waals surface area (Å²) in [5.74, 6) is 1.09. The minimum absolute atomic E-state index is 0.0373. The zero-order valence-electron chi connectivity index (χ0n) is 15.3. The third-order valence-corrected chi connectivity index (χ3v) is 5.16. The molecule has 2 heterocycles. The number of ketones is 1. The lowest BCUT2D eigenvalue weighted by atomic mass is 10.1. The fourth-order valence-corrected chi connectivity index (χ4v) is 3.67. The molecule has 0 saturated carbocycles. The number of para-hydroxylation sites is 1. The van der Waals surface area contributed by atoms with E-state index in [1.807, 2.05) is 49.4 Å². The van der Waals surface area contributed by atoms with Crippen LogP contribution in [0.2, 0.25) is 0 Å². The van der Waals surface area contributed by atoms with Gasteiger partial charge in [-0.3, -0.25) is 4.79 Å². The van der Waals surface area contributed by atoms with E-state index in [1.165, 1.54) is 18.1 Å². The third kappa shape index (κ3) is 3.75. The van der Waals surface area contributed by atoms with E-state index >= 15 is 0 Å². The van der Waals surface area contributed by atoms with Crippen LogP contribution in [-0.4, -0.2) is 37.9 Å². The molecular weight excluding hydrogens is 372 g/mol. The predicted octanol–water partition coefficient (Wildman–Crippen LogP) is 4.19. The van der Waals surface area contributed by atoms with Crippen molar-refractivity contribution in [3.8, 4) is 11.4 Å². The maximum atomic E-state index is 12.5. The molecule has 4 aromatic rings. The molecule has 0 unspecified atom stereocenters. The molecule has 0 fully saturated rings. The molecular formula is C21H18N4O2S. The van der Waals surface area contributed by atoms with Crippen molar-refractivity contribution in [3.05, 3.63) is 72.7 Å². The highest BCUT2D eigenvalue weighted by Crippen LogP contribution is 2.26. The molecule has 0 radical (unpaired) electrons. The minimum Gasteiger partial charge on any atom is -0.494 e. The highest BCUT2D eigenvalue weighted by Gasteiger charge is 2.14. The Hall–Kier alpha value is -3.19. The van der Waals surface area contributed by atoms with Crippen LogP contribution >= 0.6 is 11.8 Å². The average molecular weight is 390 g/mol. The van der Waals surface area contributed by atoms with Crippen molar-refractivity contribution in [3.63, 3.8) is 0 Å². The number of nitrogens with zero attached hydrogens (tertiary/aromatic N) is 4. The van der Waals surface area contributed by atoms with Crippen molar-refractivity contribution in [2.45, 2.75) is 11.9 Å². The summed E-state index contributed by atoms with van der Waals surface area (Å²) in [4.78, 5) is 21.2. The molecule has 0 saturated heterocycles. The molecule has 0 amide bonds. The van der Waals surface area contributed by atoms with Gasteiger partial charge in [0.15, 0.2) is 11.4 Å². The van der Waals surface area contributed by atoms with Crippen molar-refractivity contribution in [2.75, 3.05) is 12.4 Å². The number of carbonyl (C=O) groups excluding carboxylic acids is 1. The van der Waals surface area contributed by atoms with Crippen LogP contribution in [0, 0.1) is 0 Å². The van der Waals surface area contributed by atoms with Crippen LogP contribution in [0.15, 0.2) is 72.1 Å². The second kappa shape index (κ2) is 8.22. The van der Waals surface area contributed by atoms with Crippen LogP contribution in [0.25, 0.3) is 16.7 Å². The molecule has 28 heavy (non-hydrogen) atoms. The van der Waals surface area contributed by atoms with Crippen LogP contribution in [0.3, 0.4) is 0 Å². The van der Waals surface area contributed by atoms with Crippen LogP contribution in [-0.2, 0) is 0 Å². The lowest BCUT2D eigenvalue weighted by Gasteiger charge is -2.05. The fraction of sp³-hybridized carbons (Fsp3) is 0.143. The molecule has 2 aromatic carbocycles. The normalized spacial score (nSPS) is 10.9. The molecule has 0 atom stereocenters. The Morgan fingerprint density at radius 3 is 2.61 bits per heavy atom. The Balaban J connectivity index is 1.52. The van der Waals surface area contributed by atoms with Gasteiger partial charge in [0.05, 0.1) is 29.6 Å². The highest BCUT2D eigenvalue weighted by atomic mass is 32.2. The molecule has 0 aliphatic carbocycles. The van der Waals surface area contributed by atoms with Crippen molar-refractivity contribution in [1.29, 1.82) is 0 Å². The number of hydrogen-bond donors (Lipinski definition) is 0. The maximum absolute atomic E-state index is 12.5. The lowest BCUT2D eigenvalue weighted by Crippen LogP contribution is -2.03. The van der Waals surface area contributed by atoms with Crippen LogP contribution < -0.4 is 4.74 Å². The summed E-state index contributed by atoms with van der Waals surface area (Å²) in [5, 5.41) is 6.01. The van der Waals surface area contributed by atoms with Gasteiger partial charge in [0.1, 0.15) is 17.1 Å². The van der Waals surface area contributed by atoms with Gasteiger partial charge in [-0.25, -0.2) is 14.6 Å². The predicted molar refractivity (Wildman–Crippen MR) is 109 cm³/mol. The fourth-order valence-electron chi connectivity index (χ4n) is 2.82. The summed E-state index contributed by atoms with van der Waals surface area (Å²) in [5.41, 5.74) is 2.30. The van der Waals surface area contributed by atoms with Crippen molar-refractivity contribution < 1.29 is 9.53 Å². The first-order valence-electron chi connectivity index (χ1n) is 8.89. The zero-order valence-corrected chi connectivity index (χ0v) is 16.1. The monoisotopic (exact) mass is 390 g/mol. The van der Waals surface area contributed by atoms with Gasteiger partial charge >= 0.3 is 0 Å². The summed E-state index contributed by atoms with van der Waals surface area (Å²) in [7, 11) is 0. The molecule has 0 aliphatic rings. The smallest absolute Gasteiger partial charge is 0.173 e. The van der Waals surface area contributed by atoms with Gasteiger partial charge in [0, 0.05) is 5.56 Å². The van der Waals surface area contributed by atoms with Gasteiger partial charge in [-0.05, 0) is 43.3 Å². The number of aromatic nitrogens is 4. The van der Waals surface area contributed by atoms with Crippen LogP contribution in [0.5, 0.6) is 5.75 Å². The number of thioether (sulfide) groups is 1. The minimum atomic E-state index is 0.0373. The third-order valence-electron chi connectivity index (χ3n) is 4.16. The number of fused-ring (bicyclic) bond motifs is 1. The number of benzene rings is 2. The molecule has 0 N–H and O–H groups in total. The van der Waals surface area contributed by atoms with E-state index in [-0.39, 0.29) is 11.5 Å². The number of ether oxygens (including phenoxy) is 1. The summed E-state index contributed by atoms with van der Waals surface area (Å²) < 4.78 is 7.19. The first-order chi connectivity index (χ1) is 13.8. The summed E-state index contributed by atoms with van der Waals surface area (Å²) in [6.45, 7) is 2.53. The summed E-state index contributed by atoms with van der Waals surface area (Å²) in [6.07, 6.45) is 3.25. The molecule has 6 nitrogen and oxygen atoms in total. The first kappa shape index (κ1) is 18.2. The topological polar surface area (TPSA) is 69.9 Å². The van der Waals surface area contributed by atoms with Gasteiger partial charge in [0.2, 0.25) is 0 Å². The average Bonchev–Trinajstić information content (AvgIpc) is 3.18. The number of rotatable bonds is 7. The Morgan fingerprint density at radius 2 is 1.86 bits per heavy atom. The van der Waals surface area contributed by atoms with E-state index in [0.717, 1.165) is 27.5 Å². The molecule has 7 heteroatoms. The number of carbonyl (C=O) groups is 1. The molecule has 140 valence electrons. The highest BCUT2D eigenvalue weighted by molar-refractivity contribution is 8.00.